The van der Waals surface area contributed by atoms with E-state index in [1.165, 1.54) is 37.9 Å². The van der Waals surface area contributed by atoms with Crippen molar-refractivity contribution in [3.63, 3.8) is 0 Å². The van der Waals surface area contributed by atoms with Crippen molar-refractivity contribution in [1.29, 1.82) is 0 Å². The van der Waals surface area contributed by atoms with Gasteiger partial charge in [-0.3, -0.25) is 0 Å². The Bertz CT molecular complexity index is 455. The van der Waals surface area contributed by atoms with Crippen molar-refractivity contribution < 1.29 is 4.79 Å². The summed E-state index contributed by atoms with van der Waals surface area (Å²) in [5.74, 6) is 0.649. The van der Waals surface area contributed by atoms with Crippen LogP contribution in [0.3, 0.4) is 0 Å². The Morgan fingerprint density at radius 1 is 1.20 bits per heavy atom. The quantitative estimate of drug-likeness (QED) is 0.562. The summed E-state index contributed by atoms with van der Waals surface area (Å²) in [5.41, 5.74) is 1.35. The van der Waals surface area contributed by atoms with Gasteiger partial charge in [0.2, 0.25) is 0 Å². The molecule has 3 N–H and O–H groups in total. The van der Waals surface area contributed by atoms with Crippen molar-refractivity contribution in [3.8, 4) is 0 Å². The summed E-state index contributed by atoms with van der Waals surface area (Å²) in [7, 11) is 0. The fourth-order valence-corrected chi connectivity index (χ4v) is 3.40. The molecule has 0 aromatic carbocycles. The number of nitrogens with zero attached hydrogens (tertiary/aromatic N) is 1. The van der Waals surface area contributed by atoms with E-state index in [0.29, 0.717) is 18.5 Å². The fourth-order valence-electron chi connectivity index (χ4n) is 3.40. The summed E-state index contributed by atoms with van der Waals surface area (Å²) in [6.45, 7) is 10.1. The summed E-state index contributed by atoms with van der Waals surface area (Å²) in [4.78, 5) is 14.3. The van der Waals surface area contributed by atoms with E-state index in [9.17, 15) is 4.79 Å². The average molecular weight is 349 g/mol. The molecule has 1 aliphatic heterocycles. The lowest BCUT2D eigenvalue weighted by Crippen LogP contribution is -2.42. The van der Waals surface area contributed by atoms with E-state index >= 15 is 0 Å². The SMILES string of the molecule is CC1C=CC(C(C)NCCNC(=O)NCCCN2CCCCC2)=CC1. The van der Waals surface area contributed by atoms with E-state index in [-0.39, 0.29) is 6.03 Å². The summed E-state index contributed by atoms with van der Waals surface area (Å²) < 4.78 is 0. The first-order chi connectivity index (χ1) is 12.1. The monoisotopic (exact) mass is 348 g/mol. The maximum absolute atomic E-state index is 11.8. The van der Waals surface area contributed by atoms with Crippen molar-refractivity contribution >= 4 is 6.03 Å². The zero-order valence-electron chi connectivity index (χ0n) is 16.0. The molecule has 5 nitrogen and oxygen atoms in total. The van der Waals surface area contributed by atoms with Crippen LogP contribution in [-0.4, -0.2) is 56.2 Å². The number of amides is 2. The number of hydrogen-bond donors (Lipinski definition) is 3. The van der Waals surface area contributed by atoms with E-state index in [2.05, 4.69) is 52.9 Å². The number of allylic oxidation sites excluding steroid dienone is 2. The summed E-state index contributed by atoms with van der Waals surface area (Å²) >= 11 is 0. The molecule has 0 spiro atoms. The molecule has 2 amide bonds. The van der Waals surface area contributed by atoms with Gasteiger partial charge in [0.15, 0.2) is 0 Å². The second-order valence-electron chi connectivity index (χ2n) is 7.39. The molecule has 5 heteroatoms. The van der Waals surface area contributed by atoms with Gasteiger partial charge in [-0.25, -0.2) is 4.79 Å². The summed E-state index contributed by atoms with van der Waals surface area (Å²) in [5, 5.41) is 9.34. The second kappa shape index (κ2) is 11.3. The molecule has 1 saturated heterocycles. The van der Waals surface area contributed by atoms with Crippen LogP contribution < -0.4 is 16.0 Å². The summed E-state index contributed by atoms with van der Waals surface area (Å²) in [6, 6.07) is 0.275. The molecule has 0 aromatic heterocycles. The number of likely N-dealkylation sites (tertiary alicyclic amines) is 1. The molecule has 1 aliphatic carbocycles. The van der Waals surface area contributed by atoms with E-state index in [4.69, 9.17) is 0 Å². The van der Waals surface area contributed by atoms with Crippen LogP contribution in [0.25, 0.3) is 0 Å². The van der Waals surface area contributed by atoms with E-state index < -0.39 is 0 Å². The molecule has 1 heterocycles. The smallest absolute Gasteiger partial charge is 0.314 e. The predicted octanol–water partition coefficient (Wildman–Crippen LogP) is 2.66. The van der Waals surface area contributed by atoms with Crippen LogP contribution >= 0.6 is 0 Å². The van der Waals surface area contributed by atoms with Crippen LogP contribution in [0.15, 0.2) is 23.8 Å². The standard InChI is InChI=1S/C20H36N4O/c1-17-7-9-19(10-8-17)18(2)21-12-13-23-20(25)22-11-6-16-24-14-4-3-5-15-24/h7,9-10,17-18,21H,3-6,8,11-16H2,1-2H3,(H2,22,23,25). The third kappa shape index (κ3) is 8.06. The van der Waals surface area contributed by atoms with Gasteiger partial charge < -0.3 is 20.9 Å². The number of hydrogen-bond acceptors (Lipinski definition) is 3. The highest BCUT2D eigenvalue weighted by Gasteiger charge is 2.10. The molecular weight excluding hydrogens is 312 g/mol. The van der Waals surface area contributed by atoms with Crippen LogP contribution in [0.1, 0.15) is 46.0 Å². The van der Waals surface area contributed by atoms with Crippen molar-refractivity contribution in [3.05, 3.63) is 23.8 Å². The molecule has 2 unspecified atom stereocenters. The lowest BCUT2D eigenvalue weighted by Gasteiger charge is -2.26. The molecule has 0 aromatic rings. The summed E-state index contributed by atoms with van der Waals surface area (Å²) in [6.07, 6.45) is 13.0. The topological polar surface area (TPSA) is 56.4 Å². The molecule has 0 radical (unpaired) electrons. The minimum atomic E-state index is -0.0568. The number of nitrogens with one attached hydrogen (secondary N) is 3. The molecule has 142 valence electrons. The zero-order valence-corrected chi connectivity index (χ0v) is 16.0. The van der Waals surface area contributed by atoms with Crippen molar-refractivity contribution in [2.24, 2.45) is 5.92 Å². The Morgan fingerprint density at radius 2 is 1.96 bits per heavy atom. The minimum absolute atomic E-state index is 0.0568. The average Bonchev–Trinajstić information content (AvgIpc) is 2.63. The van der Waals surface area contributed by atoms with Gasteiger partial charge in [0.1, 0.15) is 0 Å². The van der Waals surface area contributed by atoms with Gasteiger partial charge in [-0.1, -0.05) is 31.6 Å². The zero-order chi connectivity index (χ0) is 17.9. The van der Waals surface area contributed by atoms with Crippen LogP contribution in [0, 0.1) is 5.92 Å². The number of rotatable bonds is 9. The van der Waals surface area contributed by atoms with Gasteiger partial charge in [0, 0.05) is 25.7 Å². The minimum Gasteiger partial charge on any atom is -0.338 e. The Hall–Kier alpha value is -1.33. The maximum atomic E-state index is 11.8. The number of carbonyl (C=O) groups excluding carboxylic acids is 1. The van der Waals surface area contributed by atoms with Gasteiger partial charge in [0.25, 0.3) is 0 Å². The van der Waals surface area contributed by atoms with Gasteiger partial charge in [-0.05, 0) is 63.7 Å². The Kier molecular flexibility index (Phi) is 9.05. The highest BCUT2D eigenvalue weighted by Crippen LogP contribution is 2.17. The lowest BCUT2D eigenvalue weighted by molar-refractivity contribution is 0.222. The highest BCUT2D eigenvalue weighted by molar-refractivity contribution is 5.73. The second-order valence-corrected chi connectivity index (χ2v) is 7.39. The molecular formula is C20H36N4O. The van der Waals surface area contributed by atoms with Gasteiger partial charge in [0.05, 0.1) is 0 Å². The molecule has 2 atom stereocenters. The van der Waals surface area contributed by atoms with E-state index in [1.54, 1.807) is 0 Å². The molecule has 0 bridgehead atoms. The van der Waals surface area contributed by atoms with Crippen LogP contribution in [0.2, 0.25) is 0 Å². The molecule has 2 aliphatic rings. The Morgan fingerprint density at radius 3 is 2.68 bits per heavy atom. The number of urea groups is 1. The first-order valence-corrected chi connectivity index (χ1v) is 10.0. The maximum Gasteiger partial charge on any atom is 0.314 e. The Labute approximate surface area is 153 Å². The van der Waals surface area contributed by atoms with Crippen molar-refractivity contribution in [2.75, 3.05) is 39.3 Å². The van der Waals surface area contributed by atoms with Gasteiger partial charge >= 0.3 is 6.03 Å². The third-order valence-corrected chi connectivity index (χ3v) is 5.09. The van der Waals surface area contributed by atoms with E-state index in [1.807, 2.05) is 0 Å². The van der Waals surface area contributed by atoms with E-state index in [0.717, 1.165) is 32.5 Å². The molecule has 0 saturated carbocycles. The molecule has 1 fully saturated rings. The predicted molar refractivity (Wildman–Crippen MR) is 105 cm³/mol. The van der Waals surface area contributed by atoms with Crippen molar-refractivity contribution in [2.45, 2.75) is 52.0 Å². The fraction of sp³-hybridized carbons (Fsp3) is 0.750. The third-order valence-electron chi connectivity index (χ3n) is 5.09. The highest BCUT2D eigenvalue weighted by atomic mass is 16.2. The van der Waals surface area contributed by atoms with Crippen molar-refractivity contribution in [1.82, 2.24) is 20.9 Å². The van der Waals surface area contributed by atoms with Crippen LogP contribution in [0.4, 0.5) is 4.79 Å². The largest absolute Gasteiger partial charge is 0.338 e. The van der Waals surface area contributed by atoms with Crippen LogP contribution in [-0.2, 0) is 0 Å². The normalized spacial score (nSPS) is 22.3. The lowest BCUT2D eigenvalue weighted by atomic mass is 9.95. The van der Waals surface area contributed by atoms with Gasteiger partial charge in [-0.15, -0.1) is 0 Å². The Balaban J connectivity index is 1.46. The molecule has 2 rings (SSSR count). The number of piperidine rings is 1. The first kappa shape index (κ1) is 20.0. The molecule has 25 heavy (non-hydrogen) atoms. The van der Waals surface area contributed by atoms with Crippen LogP contribution in [0.5, 0.6) is 0 Å². The van der Waals surface area contributed by atoms with Gasteiger partial charge in [-0.2, -0.15) is 0 Å². The first-order valence-electron chi connectivity index (χ1n) is 10.0. The number of carbonyl (C=O) groups is 1.